The van der Waals surface area contributed by atoms with E-state index < -0.39 is 0 Å². The number of rotatable bonds is 7. The Morgan fingerprint density at radius 1 is 1.62 bits per heavy atom. The van der Waals surface area contributed by atoms with Crippen LogP contribution in [0.2, 0.25) is 0 Å². The summed E-state index contributed by atoms with van der Waals surface area (Å²) in [7, 11) is 1.71. The highest BCUT2D eigenvalue weighted by Crippen LogP contribution is 2.00. The number of ether oxygens (including phenoxy) is 1. The molecule has 1 unspecified atom stereocenters. The third-order valence-corrected chi connectivity index (χ3v) is 2.03. The molecule has 3 nitrogen and oxygen atoms in total. The minimum atomic E-state index is 0.381. The standard InChI is InChI=1S/C9H20N2OS/c1-4-5-11(6-9(10)13)8(2)7-12-3/h8H,4-7H2,1-3H3,(H2,10,13). The second-order valence-corrected chi connectivity index (χ2v) is 3.77. The predicted octanol–water partition coefficient (Wildman–Crippen LogP) is 1.02. The molecule has 13 heavy (non-hydrogen) atoms. The SMILES string of the molecule is CCCN(CC(N)=S)C(C)COC. The van der Waals surface area contributed by atoms with E-state index in [0.717, 1.165) is 19.6 Å². The van der Waals surface area contributed by atoms with E-state index in [4.69, 9.17) is 22.7 Å². The molecule has 0 amide bonds. The van der Waals surface area contributed by atoms with Crippen LogP contribution in [-0.2, 0) is 4.74 Å². The van der Waals surface area contributed by atoms with Gasteiger partial charge in [0.15, 0.2) is 0 Å². The van der Waals surface area contributed by atoms with Crippen LogP contribution in [-0.4, -0.2) is 42.7 Å². The van der Waals surface area contributed by atoms with Crippen molar-refractivity contribution >= 4 is 17.2 Å². The molecule has 78 valence electrons. The van der Waals surface area contributed by atoms with Gasteiger partial charge in [-0.3, -0.25) is 4.90 Å². The number of hydrogen-bond donors (Lipinski definition) is 1. The van der Waals surface area contributed by atoms with Crippen molar-refractivity contribution in [2.24, 2.45) is 5.73 Å². The molecule has 0 aliphatic heterocycles. The van der Waals surface area contributed by atoms with Gasteiger partial charge in [0.2, 0.25) is 0 Å². The van der Waals surface area contributed by atoms with Gasteiger partial charge in [0.1, 0.15) is 0 Å². The summed E-state index contributed by atoms with van der Waals surface area (Å²) in [5, 5.41) is 0. The van der Waals surface area contributed by atoms with E-state index in [0.29, 0.717) is 17.6 Å². The molecule has 0 aromatic carbocycles. The van der Waals surface area contributed by atoms with Gasteiger partial charge in [-0.2, -0.15) is 0 Å². The summed E-state index contributed by atoms with van der Waals surface area (Å²) in [4.78, 5) is 2.79. The molecule has 0 bridgehead atoms. The minimum absolute atomic E-state index is 0.381. The van der Waals surface area contributed by atoms with Crippen LogP contribution in [0.5, 0.6) is 0 Å². The molecule has 0 fully saturated rings. The van der Waals surface area contributed by atoms with Crippen LogP contribution in [0.4, 0.5) is 0 Å². The third kappa shape index (κ3) is 5.96. The predicted molar refractivity (Wildman–Crippen MR) is 60.0 cm³/mol. The van der Waals surface area contributed by atoms with Gasteiger partial charge in [0.05, 0.1) is 11.6 Å². The molecule has 0 saturated heterocycles. The summed E-state index contributed by atoms with van der Waals surface area (Å²) in [6.45, 7) is 6.70. The lowest BCUT2D eigenvalue weighted by molar-refractivity contribution is 0.109. The average Bonchev–Trinajstić information content (AvgIpc) is 2.03. The molecule has 1 atom stereocenters. The van der Waals surface area contributed by atoms with Crippen LogP contribution in [0.15, 0.2) is 0 Å². The van der Waals surface area contributed by atoms with E-state index in [1.54, 1.807) is 7.11 Å². The van der Waals surface area contributed by atoms with Crippen molar-refractivity contribution in [3.8, 4) is 0 Å². The van der Waals surface area contributed by atoms with E-state index in [-0.39, 0.29) is 0 Å². The van der Waals surface area contributed by atoms with E-state index in [9.17, 15) is 0 Å². The number of methoxy groups -OCH3 is 1. The first kappa shape index (κ1) is 12.8. The van der Waals surface area contributed by atoms with Crippen LogP contribution in [0.1, 0.15) is 20.3 Å². The lowest BCUT2D eigenvalue weighted by atomic mass is 10.2. The fourth-order valence-corrected chi connectivity index (χ4v) is 1.46. The van der Waals surface area contributed by atoms with Gasteiger partial charge in [-0.1, -0.05) is 19.1 Å². The van der Waals surface area contributed by atoms with Crippen molar-refractivity contribution in [1.82, 2.24) is 4.90 Å². The molecule has 0 radical (unpaired) electrons. The Bertz CT molecular complexity index is 153. The van der Waals surface area contributed by atoms with Gasteiger partial charge in [0, 0.05) is 19.7 Å². The van der Waals surface area contributed by atoms with Crippen LogP contribution in [0.3, 0.4) is 0 Å². The van der Waals surface area contributed by atoms with Crippen LogP contribution < -0.4 is 5.73 Å². The molecular formula is C9H20N2OS. The molecule has 0 aliphatic rings. The molecule has 2 N–H and O–H groups in total. The second kappa shape index (κ2) is 7.24. The maximum atomic E-state index is 5.51. The molecule has 0 heterocycles. The van der Waals surface area contributed by atoms with Crippen molar-refractivity contribution in [1.29, 1.82) is 0 Å². The molecule has 0 aromatic rings. The highest BCUT2D eigenvalue weighted by Gasteiger charge is 2.12. The summed E-state index contributed by atoms with van der Waals surface area (Å²) in [5.41, 5.74) is 5.51. The lowest BCUT2D eigenvalue weighted by Crippen LogP contribution is -2.41. The number of thiocarbonyl (C=S) groups is 1. The van der Waals surface area contributed by atoms with E-state index >= 15 is 0 Å². The number of nitrogens with zero attached hydrogens (tertiary/aromatic N) is 1. The number of nitrogens with two attached hydrogens (primary N) is 1. The first-order valence-corrected chi connectivity index (χ1v) is 5.03. The fourth-order valence-electron chi connectivity index (χ4n) is 1.29. The zero-order valence-electron chi connectivity index (χ0n) is 8.75. The fraction of sp³-hybridized carbons (Fsp3) is 0.889. The quantitative estimate of drug-likeness (QED) is 0.628. The Kier molecular flexibility index (Phi) is 7.13. The van der Waals surface area contributed by atoms with Crippen molar-refractivity contribution in [2.75, 3.05) is 26.8 Å². The maximum Gasteiger partial charge on any atom is 0.0870 e. The largest absolute Gasteiger partial charge is 0.392 e. The summed E-state index contributed by atoms with van der Waals surface area (Å²) >= 11 is 4.88. The molecule has 4 heteroatoms. The van der Waals surface area contributed by atoms with Gasteiger partial charge in [-0.25, -0.2) is 0 Å². The molecule has 0 aromatic heterocycles. The normalized spacial score (nSPS) is 13.2. The zero-order chi connectivity index (χ0) is 10.3. The Hall–Kier alpha value is -0.190. The zero-order valence-corrected chi connectivity index (χ0v) is 9.56. The topological polar surface area (TPSA) is 38.5 Å². The first-order valence-electron chi connectivity index (χ1n) is 4.63. The van der Waals surface area contributed by atoms with Crippen LogP contribution in [0.25, 0.3) is 0 Å². The molecule has 0 spiro atoms. The highest BCUT2D eigenvalue weighted by atomic mass is 32.1. The van der Waals surface area contributed by atoms with Crippen molar-refractivity contribution in [3.63, 3.8) is 0 Å². The minimum Gasteiger partial charge on any atom is -0.392 e. The van der Waals surface area contributed by atoms with Gasteiger partial charge < -0.3 is 10.5 Å². The van der Waals surface area contributed by atoms with E-state index in [1.165, 1.54) is 0 Å². The van der Waals surface area contributed by atoms with Gasteiger partial charge in [-0.05, 0) is 19.9 Å². The van der Waals surface area contributed by atoms with E-state index in [1.807, 2.05) is 0 Å². The Labute approximate surface area is 86.2 Å². The Morgan fingerprint density at radius 2 is 2.23 bits per heavy atom. The van der Waals surface area contributed by atoms with E-state index in [2.05, 4.69) is 18.7 Å². The summed E-state index contributed by atoms with van der Waals surface area (Å²) < 4.78 is 5.09. The lowest BCUT2D eigenvalue weighted by Gasteiger charge is -2.27. The molecular weight excluding hydrogens is 184 g/mol. The van der Waals surface area contributed by atoms with Gasteiger partial charge >= 0.3 is 0 Å². The summed E-state index contributed by atoms with van der Waals surface area (Å²) in [6, 6.07) is 0.381. The second-order valence-electron chi connectivity index (χ2n) is 3.24. The van der Waals surface area contributed by atoms with Gasteiger partial charge in [-0.15, -0.1) is 0 Å². The Balaban J connectivity index is 3.97. The van der Waals surface area contributed by atoms with Crippen molar-refractivity contribution in [2.45, 2.75) is 26.3 Å². The Morgan fingerprint density at radius 3 is 2.62 bits per heavy atom. The maximum absolute atomic E-state index is 5.51. The van der Waals surface area contributed by atoms with Crippen LogP contribution >= 0.6 is 12.2 Å². The highest BCUT2D eigenvalue weighted by molar-refractivity contribution is 7.80. The average molecular weight is 204 g/mol. The molecule has 0 aliphatic carbocycles. The first-order chi connectivity index (χ1) is 6.11. The molecule has 0 saturated carbocycles. The third-order valence-electron chi connectivity index (χ3n) is 1.90. The monoisotopic (exact) mass is 204 g/mol. The molecule has 0 rings (SSSR count). The van der Waals surface area contributed by atoms with Crippen molar-refractivity contribution < 1.29 is 4.74 Å². The summed E-state index contributed by atoms with van der Waals surface area (Å²) in [6.07, 6.45) is 1.11. The van der Waals surface area contributed by atoms with Crippen molar-refractivity contribution in [3.05, 3.63) is 0 Å². The summed E-state index contributed by atoms with van der Waals surface area (Å²) in [5.74, 6) is 0. The van der Waals surface area contributed by atoms with Crippen LogP contribution in [0, 0.1) is 0 Å². The number of hydrogen-bond acceptors (Lipinski definition) is 3. The smallest absolute Gasteiger partial charge is 0.0870 e. The van der Waals surface area contributed by atoms with Gasteiger partial charge in [0.25, 0.3) is 0 Å².